The van der Waals surface area contributed by atoms with Gasteiger partial charge in [-0.2, -0.15) is 0 Å². The van der Waals surface area contributed by atoms with Crippen molar-refractivity contribution in [3.05, 3.63) is 24.3 Å². The van der Waals surface area contributed by atoms with E-state index in [2.05, 4.69) is 27.2 Å². The molecule has 0 aromatic heterocycles. The Kier molecular flexibility index (Phi) is 5.74. The molecule has 5 nitrogen and oxygen atoms in total. The number of nitrogens with zero attached hydrogens (tertiary/aromatic N) is 2. The summed E-state index contributed by atoms with van der Waals surface area (Å²) < 4.78 is 0. The minimum absolute atomic E-state index is 0.0233. The molecule has 2 aliphatic heterocycles. The number of piperidine rings is 1. The van der Waals surface area contributed by atoms with E-state index >= 15 is 0 Å². The van der Waals surface area contributed by atoms with E-state index in [0.29, 0.717) is 6.54 Å². The first kappa shape index (κ1) is 17.2. The Balaban J connectivity index is 1.49. The molecule has 2 unspecified atom stereocenters. The number of hydrogen-bond acceptors (Lipinski definition) is 4. The summed E-state index contributed by atoms with van der Waals surface area (Å²) in [6.45, 7) is 6.24. The SMILES string of the molecule is CC(O)C1CCCN(CC(=O)Nc2ccc(N3CCCC3)cc2)C1. The summed E-state index contributed by atoms with van der Waals surface area (Å²) in [5.74, 6) is 0.307. The van der Waals surface area contributed by atoms with Gasteiger partial charge >= 0.3 is 0 Å². The van der Waals surface area contributed by atoms with Crippen molar-refractivity contribution < 1.29 is 9.90 Å². The van der Waals surface area contributed by atoms with Gasteiger partial charge in [0.25, 0.3) is 0 Å². The van der Waals surface area contributed by atoms with E-state index in [1.54, 1.807) is 0 Å². The molecule has 132 valence electrons. The van der Waals surface area contributed by atoms with Crippen molar-refractivity contribution in [1.82, 2.24) is 4.90 Å². The fraction of sp³-hybridized carbons (Fsp3) is 0.632. The molecule has 3 rings (SSSR count). The maximum Gasteiger partial charge on any atom is 0.238 e. The zero-order valence-corrected chi connectivity index (χ0v) is 14.6. The summed E-state index contributed by atoms with van der Waals surface area (Å²) in [7, 11) is 0. The van der Waals surface area contributed by atoms with E-state index in [1.807, 2.05) is 19.1 Å². The van der Waals surface area contributed by atoms with Crippen LogP contribution in [0.3, 0.4) is 0 Å². The Bertz CT molecular complexity index is 538. The Morgan fingerprint density at radius 3 is 2.58 bits per heavy atom. The Hall–Kier alpha value is -1.59. The standard InChI is InChI=1S/C19H29N3O2/c1-15(23)16-5-4-10-21(13-16)14-19(24)20-17-6-8-18(9-7-17)22-11-2-3-12-22/h6-9,15-16,23H,2-5,10-14H2,1H3,(H,20,24). The van der Waals surface area contributed by atoms with Crippen LogP contribution in [0.5, 0.6) is 0 Å². The molecular weight excluding hydrogens is 302 g/mol. The average Bonchev–Trinajstić information content (AvgIpc) is 3.10. The molecule has 0 spiro atoms. The van der Waals surface area contributed by atoms with Crippen molar-refractivity contribution in [1.29, 1.82) is 0 Å². The van der Waals surface area contributed by atoms with Gasteiger partial charge in [-0.3, -0.25) is 9.69 Å². The highest BCUT2D eigenvalue weighted by Crippen LogP contribution is 2.22. The van der Waals surface area contributed by atoms with Gasteiger partial charge in [0.05, 0.1) is 12.6 Å². The Labute approximate surface area is 144 Å². The molecule has 5 heteroatoms. The van der Waals surface area contributed by atoms with Crippen molar-refractivity contribution in [2.45, 2.75) is 38.7 Å². The van der Waals surface area contributed by atoms with E-state index in [-0.39, 0.29) is 17.9 Å². The van der Waals surface area contributed by atoms with Gasteiger partial charge in [0.2, 0.25) is 5.91 Å². The van der Waals surface area contributed by atoms with Crippen molar-refractivity contribution in [3.8, 4) is 0 Å². The number of nitrogens with one attached hydrogen (secondary N) is 1. The summed E-state index contributed by atoms with van der Waals surface area (Å²) in [6, 6.07) is 8.15. The first-order valence-electron chi connectivity index (χ1n) is 9.17. The average molecular weight is 331 g/mol. The largest absolute Gasteiger partial charge is 0.393 e. The number of likely N-dealkylation sites (tertiary alicyclic amines) is 1. The van der Waals surface area contributed by atoms with E-state index in [9.17, 15) is 9.90 Å². The van der Waals surface area contributed by atoms with Crippen LogP contribution in [0.15, 0.2) is 24.3 Å². The first-order valence-corrected chi connectivity index (χ1v) is 9.17. The lowest BCUT2D eigenvalue weighted by Crippen LogP contribution is -2.43. The van der Waals surface area contributed by atoms with Gasteiger partial charge in [-0.1, -0.05) is 0 Å². The maximum atomic E-state index is 12.3. The second-order valence-electron chi connectivity index (χ2n) is 7.17. The zero-order chi connectivity index (χ0) is 16.9. The lowest BCUT2D eigenvalue weighted by Gasteiger charge is -2.33. The number of rotatable bonds is 5. The molecule has 1 aromatic carbocycles. The predicted octanol–water partition coefficient (Wildman–Crippen LogP) is 2.32. The lowest BCUT2D eigenvalue weighted by atomic mass is 9.93. The molecule has 2 saturated heterocycles. The van der Waals surface area contributed by atoms with Crippen LogP contribution < -0.4 is 10.2 Å². The van der Waals surface area contributed by atoms with E-state index in [0.717, 1.165) is 44.7 Å². The van der Waals surface area contributed by atoms with Crippen LogP contribution in [0, 0.1) is 5.92 Å². The van der Waals surface area contributed by atoms with Crippen LogP contribution in [-0.2, 0) is 4.79 Å². The van der Waals surface area contributed by atoms with Gasteiger partial charge in [0, 0.05) is 31.0 Å². The third kappa shape index (κ3) is 4.48. The van der Waals surface area contributed by atoms with Crippen molar-refractivity contribution in [3.63, 3.8) is 0 Å². The number of aliphatic hydroxyl groups is 1. The maximum absolute atomic E-state index is 12.3. The smallest absolute Gasteiger partial charge is 0.238 e. The third-order valence-electron chi connectivity index (χ3n) is 5.21. The molecule has 0 saturated carbocycles. The molecule has 2 aliphatic rings. The highest BCUT2D eigenvalue weighted by molar-refractivity contribution is 5.92. The molecule has 1 amide bonds. The first-order chi connectivity index (χ1) is 11.6. The highest BCUT2D eigenvalue weighted by atomic mass is 16.3. The van der Waals surface area contributed by atoms with Crippen LogP contribution in [0.1, 0.15) is 32.6 Å². The summed E-state index contributed by atoms with van der Waals surface area (Å²) >= 11 is 0. The number of carbonyl (C=O) groups is 1. The van der Waals surface area contributed by atoms with E-state index in [1.165, 1.54) is 18.5 Å². The Morgan fingerprint density at radius 2 is 1.92 bits per heavy atom. The van der Waals surface area contributed by atoms with Crippen LogP contribution in [0.4, 0.5) is 11.4 Å². The molecule has 0 bridgehead atoms. The van der Waals surface area contributed by atoms with Crippen LogP contribution in [0.25, 0.3) is 0 Å². The van der Waals surface area contributed by atoms with Crippen LogP contribution in [0.2, 0.25) is 0 Å². The number of carbonyl (C=O) groups excluding carboxylic acids is 1. The van der Waals surface area contributed by atoms with Gasteiger partial charge in [0.1, 0.15) is 0 Å². The number of amides is 1. The third-order valence-corrected chi connectivity index (χ3v) is 5.21. The lowest BCUT2D eigenvalue weighted by molar-refractivity contribution is -0.118. The van der Waals surface area contributed by atoms with Gasteiger partial charge in [0.15, 0.2) is 0 Å². The fourth-order valence-corrected chi connectivity index (χ4v) is 3.76. The molecule has 2 heterocycles. The highest BCUT2D eigenvalue weighted by Gasteiger charge is 2.24. The quantitative estimate of drug-likeness (QED) is 0.869. The number of anilines is 2. The second-order valence-corrected chi connectivity index (χ2v) is 7.17. The normalized spacial score (nSPS) is 23.2. The summed E-state index contributed by atoms with van der Waals surface area (Å²) in [5, 5.41) is 12.7. The van der Waals surface area contributed by atoms with Gasteiger partial charge < -0.3 is 15.3 Å². The van der Waals surface area contributed by atoms with E-state index in [4.69, 9.17) is 0 Å². The predicted molar refractivity (Wildman–Crippen MR) is 97.4 cm³/mol. The van der Waals surface area contributed by atoms with Crippen molar-refractivity contribution in [2.24, 2.45) is 5.92 Å². The summed E-state index contributed by atoms with van der Waals surface area (Å²) in [6.07, 6.45) is 4.33. The molecule has 0 radical (unpaired) electrons. The summed E-state index contributed by atoms with van der Waals surface area (Å²) in [5.41, 5.74) is 2.09. The second kappa shape index (κ2) is 7.99. The topological polar surface area (TPSA) is 55.8 Å². The monoisotopic (exact) mass is 331 g/mol. The van der Waals surface area contributed by atoms with Gasteiger partial charge in [-0.25, -0.2) is 0 Å². The number of aliphatic hydroxyl groups excluding tert-OH is 1. The molecule has 24 heavy (non-hydrogen) atoms. The van der Waals surface area contributed by atoms with Gasteiger partial charge in [-0.05, 0) is 69.3 Å². The minimum atomic E-state index is -0.297. The molecule has 2 fully saturated rings. The molecule has 0 aliphatic carbocycles. The Morgan fingerprint density at radius 1 is 1.21 bits per heavy atom. The molecule has 2 atom stereocenters. The number of benzene rings is 1. The fourth-order valence-electron chi connectivity index (χ4n) is 3.76. The zero-order valence-electron chi connectivity index (χ0n) is 14.6. The van der Waals surface area contributed by atoms with Gasteiger partial charge in [-0.15, -0.1) is 0 Å². The number of hydrogen-bond donors (Lipinski definition) is 2. The van der Waals surface area contributed by atoms with Crippen LogP contribution in [-0.4, -0.2) is 54.7 Å². The molecular formula is C19H29N3O2. The van der Waals surface area contributed by atoms with E-state index < -0.39 is 0 Å². The molecule has 2 N–H and O–H groups in total. The summed E-state index contributed by atoms with van der Waals surface area (Å²) in [4.78, 5) is 16.8. The van der Waals surface area contributed by atoms with Crippen molar-refractivity contribution >= 4 is 17.3 Å². The minimum Gasteiger partial charge on any atom is -0.393 e. The van der Waals surface area contributed by atoms with Crippen molar-refractivity contribution in [2.75, 3.05) is 42.9 Å². The van der Waals surface area contributed by atoms with Crippen LogP contribution >= 0.6 is 0 Å². The molecule has 1 aromatic rings.